The number of hydrogen-bond acceptors (Lipinski definition) is 4. The van der Waals surface area contributed by atoms with E-state index in [1.807, 2.05) is 13.8 Å². The van der Waals surface area contributed by atoms with Gasteiger partial charge in [0.1, 0.15) is 5.60 Å². The lowest BCUT2D eigenvalue weighted by atomic mass is 9.99. The lowest BCUT2D eigenvalue weighted by Crippen LogP contribution is -2.57. The molecule has 0 aromatic rings. The second-order valence-corrected chi connectivity index (χ2v) is 14.8. The van der Waals surface area contributed by atoms with Gasteiger partial charge in [0.05, 0.1) is 38.9 Å². The number of allylic oxidation sites excluding steroid dienone is 2. The highest BCUT2D eigenvalue weighted by molar-refractivity contribution is 5.86. The molecule has 0 aliphatic carbocycles. The topological polar surface area (TPSA) is 38.8 Å². The number of likely N-dealkylation sites (N-methyl/N-ethyl adjacent to an activating group) is 1. The maximum atomic E-state index is 13.0. The van der Waals surface area contributed by atoms with Gasteiger partial charge in [0.2, 0.25) is 0 Å². The van der Waals surface area contributed by atoms with Crippen molar-refractivity contribution in [2.45, 2.75) is 168 Å². The number of quaternary nitrogens is 1. The highest BCUT2D eigenvalue weighted by Crippen LogP contribution is 2.21. The molecule has 1 aliphatic heterocycles. The molecule has 0 saturated carbocycles. The molecule has 1 saturated heterocycles. The third-order valence-corrected chi connectivity index (χ3v) is 9.61. The molecular formula is C38H75N2O3+. The molecule has 254 valence electrons. The van der Waals surface area contributed by atoms with Crippen LogP contribution in [0.2, 0.25) is 0 Å². The fourth-order valence-corrected chi connectivity index (χ4v) is 5.94. The molecule has 1 rings (SSSR count). The second-order valence-electron chi connectivity index (χ2n) is 14.8. The Hall–Kier alpha value is -0.750. The fourth-order valence-electron chi connectivity index (χ4n) is 5.94. The van der Waals surface area contributed by atoms with Crippen molar-refractivity contribution in [3.63, 3.8) is 0 Å². The number of piperazine rings is 1. The summed E-state index contributed by atoms with van der Waals surface area (Å²) in [6, 6.07) is 0. The SMILES string of the molecule is CCCCCCCCC=CCCCCCCCCOC(C)(C)CCOC(C)(C)C(=O)CCN1CC[N+](C)(CCCC)CC1. The average Bonchev–Trinajstić information content (AvgIpc) is 2.97. The summed E-state index contributed by atoms with van der Waals surface area (Å²) in [5.74, 6) is 0.212. The van der Waals surface area contributed by atoms with E-state index in [1.54, 1.807) is 0 Å². The summed E-state index contributed by atoms with van der Waals surface area (Å²) in [6.07, 6.45) is 27.3. The van der Waals surface area contributed by atoms with Crippen molar-refractivity contribution in [1.82, 2.24) is 4.90 Å². The van der Waals surface area contributed by atoms with Crippen LogP contribution in [0.25, 0.3) is 0 Å². The highest BCUT2D eigenvalue weighted by Gasteiger charge is 2.32. The molecule has 0 aromatic carbocycles. The maximum absolute atomic E-state index is 13.0. The van der Waals surface area contributed by atoms with Crippen molar-refractivity contribution in [3.05, 3.63) is 12.2 Å². The third kappa shape index (κ3) is 20.8. The number of nitrogens with zero attached hydrogens (tertiary/aromatic N) is 2. The Labute approximate surface area is 269 Å². The van der Waals surface area contributed by atoms with Crippen LogP contribution in [-0.4, -0.2) is 85.9 Å². The van der Waals surface area contributed by atoms with Crippen molar-refractivity contribution in [1.29, 1.82) is 0 Å². The molecule has 0 N–H and O–H groups in total. The number of ether oxygens (including phenoxy) is 2. The van der Waals surface area contributed by atoms with Crippen LogP contribution < -0.4 is 0 Å². The number of hydrogen-bond donors (Lipinski definition) is 0. The van der Waals surface area contributed by atoms with Crippen LogP contribution in [0.15, 0.2) is 12.2 Å². The number of carbonyl (C=O) groups is 1. The monoisotopic (exact) mass is 608 g/mol. The van der Waals surface area contributed by atoms with Gasteiger partial charge in [-0.25, -0.2) is 0 Å². The minimum absolute atomic E-state index is 0.212. The molecular weight excluding hydrogens is 532 g/mol. The quantitative estimate of drug-likeness (QED) is 0.0504. The standard InChI is InChI=1S/C38H75N2O3/c1-8-10-12-13-14-15-16-17-18-19-20-21-22-23-24-25-34-42-37(3,4)27-35-43-38(5,6)36(41)26-28-39-29-32-40(7,33-30-39)31-11-9-2/h17-18H,8-16,19-35H2,1-7H3/q+1. The molecule has 1 aliphatic rings. The van der Waals surface area contributed by atoms with Crippen LogP contribution in [-0.2, 0) is 14.3 Å². The zero-order valence-corrected chi connectivity index (χ0v) is 30.2. The van der Waals surface area contributed by atoms with Gasteiger partial charge in [-0.05, 0) is 72.6 Å². The van der Waals surface area contributed by atoms with E-state index in [1.165, 1.54) is 120 Å². The smallest absolute Gasteiger partial charge is 0.165 e. The molecule has 0 spiro atoms. The summed E-state index contributed by atoms with van der Waals surface area (Å²) >= 11 is 0. The lowest BCUT2D eigenvalue weighted by Gasteiger charge is -2.42. The Morgan fingerprint density at radius 3 is 1.84 bits per heavy atom. The lowest BCUT2D eigenvalue weighted by molar-refractivity contribution is -0.913. The van der Waals surface area contributed by atoms with Gasteiger partial charge in [-0.3, -0.25) is 9.69 Å². The van der Waals surface area contributed by atoms with Crippen molar-refractivity contribution >= 4 is 5.78 Å². The van der Waals surface area contributed by atoms with E-state index < -0.39 is 5.60 Å². The van der Waals surface area contributed by atoms with Crippen LogP contribution >= 0.6 is 0 Å². The zero-order valence-electron chi connectivity index (χ0n) is 30.2. The minimum Gasteiger partial charge on any atom is -0.375 e. The summed E-state index contributed by atoms with van der Waals surface area (Å²) in [7, 11) is 2.39. The molecule has 0 bridgehead atoms. The van der Waals surface area contributed by atoms with Crippen molar-refractivity contribution < 1.29 is 18.8 Å². The predicted octanol–water partition coefficient (Wildman–Crippen LogP) is 9.53. The van der Waals surface area contributed by atoms with Crippen LogP contribution in [0, 0.1) is 0 Å². The van der Waals surface area contributed by atoms with Gasteiger partial charge >= 0.3 is 0 Å². The molecule has 0 unspecified atom stereocenters. The largest absolute Gasteiger partial charge is 0.375 e. The molecule has 0 atom stereocenters. The van der Waals surface area contributed by atoms with Gasteiger partial charge < -0.3 is 14.0 Å². The van der Waals surface area contributed by atoms with E-state index in [2.05, 4.69) is 51.8 Å². The average molecular weight is 608 g/mol. The normalized spacial score (nSPS) is 16.3. The molecule has 43 heavy (non-hydrogen) atoms. The number of ketones is 1. The van der Waals surface area contributed by atoms with Gasteiger partial charge in [0, 0.05) is 32.7 Å². The van der Waals surface area contributed by atoms with Crippen molar-refractivity contribution in [2.75, 3.05) is 59.5 Å². The Morgan fingerprint density at radius 1 is 0.721 bits per heavy atom. The molecule has 0 aromatic heterocycles. The molecule has 0 radical (unpaired) electrons. The van der Waals surface area contributed by atoms with Gasteiger partial charge in [0.15, 0.2) is 5.78 Å². The highest BCUT2D eigenvalue weighted by atomic mass is 16.5. The Bertz CT molecular complexity index is 710. The molecule has 1 heterocycles. The molecule has 1 fully saturated rings. The van der Waals surface area contributed by atoms with Crippen LogP contribution in [0.1, 0.15) is 157 Å². The van der Waals surface area contributed by atoms with Gasteiger partial charge in [-0.1, -0.05) is 90.2 Å². The maximum Gasteiger partial charge on any atom is 0.165 e. The third-order valence-electron chi connectivity index (χ3n) is 9.61. The first-order valence-corrected chi connectivity index (χ1v) is 18.6. The Kier molecular flexibility index (Phi) is 22.1. The Balaban J connectivity index is 2.04. The van der Waals surface area contributed by atoms with Crippen molar-refractivity contribution in [2.24, 2.45) is 0 Å². The molecule has 5 nitrogen and oxygen atoms in total. The van der Waals surface area contributed by atoms with Gasteiger partial charge in [-0.2, -0.15) is 0 Å². The molecule has 5 heteroatoms. The van der Waals surface area contributed by atoms with Gasteiger partial charge in [0.25, 0.3) is 0 Å². The summed E-state index contributed by atoms with van der Waals surface area (Å²) < 4.78 is 13.5. The number of rotatable bonds is 28. The van der Waals surface area contributed by atoms with E-state index in [-0.39, 0.29) is 11.4 Å². The van der Waals surface area contributed by atoms with E-state index in [0.717, 1.165) is 39.1 Å². The van der Waals surface area contributed by atoms with E-state index in [4.69, 9.17) is 9.47 Å². The minimum atomic E-state index is -0.735. The molecule has 0 amide bonds. The fraction of sp³-hybridized carbons (Fsp3) is 0.921. The summed E-state index contributed by atoms with van der Waals surface area (Å²) in [4.78, 5) is 15.5. The van der Waals surface area contributed by atoms with E-state index in [0.29, 0.717) is 13.0 Å². The van der Waals surface area contributed by atoms with E-state index in [9.17, 15) is 4.79 Å². The van der Waals surface area contributed by atoms with Crippen LogP contribution in [0.3, 0.4) is 0 Å². The van der Waals surface area contributed by atoms with Gasteiger partial charge in [-0.15, -0.1) is 0 Å². The summed E-state index contributed by atoms with van der Waals surface area (Å²) in [5, 5.41) is 0. The first kappa shape index (κ1) is 40.3. The summed E-state index contributed by atoms with van der Waals surface area (Å²) in [5.41, 5.74) is -0.960. The number of unbranched alkanes of at least 4 members (excludes halogenated alkanes) is 13. The second kappa shape index (κ2) is 23.6. The number of Topliss-reactive ketones (excluding diaryl/α,β-unsaturated/α-hetero) is 1. The summed E-state index contributed by atoms with van der Waals surface area (Å²) in [6.45, 7) is 20.8. The van der Waals surface area contributed by atoms with Crippen molar-refractivity contribution in [3.8, 4) is 0 Å². The first-order valence-electron chi connectivity index (χ1n) is 18.6. The zero-order chi connectivity index (χ0) is 31.9. The first-order chi connectivity index (χ1) is 20.5. The van der Waals surface area contributed by atoms with Crippen LogP contribution in [0.4, 0.5) is 0 Å². The number of carbonyl (C=O) groups excluding carboxylic acids is 1. The van der Waals surface area contributed by atoms with Crippen LogP contribution in [0.5, 0.6) is 0 Å². The predicted molar refractivity (Wildman–Crippen MR) is 186 cm³/mol. The Morgan fingerprint density at radius 2 is 1.26 bits per heavy atom. The van der Waals surface area contributed by atoms with E-state index >= 15 is 0 Å².